The summed E-state index contributed by atoms with van der Waals surface area (Å²) in [6.45, 7) is -0.971. The van der Waals surface area contributed by atoms with Gasteiger partial charge in [0.15, 0.2) is 11.9 Å². The highest BCUT2D eigenvalue weighted by Crippen LogP contribution is 2.41. The topological polar surface area (TPSA) is 150 Å². The van der Waals surface area contributed by atoms with Gasteiger partial charge in [0, 0.05) is 0 Å². The van der Waals surface area contributed by atoms with Crippen LogP contribution in [0.15, 0.2) is 60.0 Å². The number of aliphatic hydroxyl groups excluding tert-OH is 1. The van der Waals surface area contributed by atoms with Crippen molar-refractivity contribution in [2.75, 3.05) is 20.8 Å². The molecular formula is C22H25O11P. The van der Waals surface area contributed by atoms with E-state index in [1.54, 1.807) is 48.5 Å². The van der Waals surface area contributed by atoms with Crippen molar-refractivity contribution in [3.8, 4) is 11.5 Å². The highest BCUT2D eigenvalue weighted by Gasteiger charge is 2.45. The number of aliphatic hydroxyl groups is 1. The number of carbonyl (C=O) groups excluding carboxylic acids is 1. The van der Waals surface area contributed by atoms with Crippen molar-refractivity contribution in [1.82, 2.24) is 0 Å². The molecule has 3 N–H and O–H groups in total. The zero-order valence-corrected chi connectivity index (χ0v) is 19.3. The minimum atomic E-state index is -5.02. The predicted octanol–water partition coefficient (Wildman–Crippen LogP) is 2.04. The van der Waals surface area contributed by atoms with Gasteiger partial charge >= 0.3 is 13.8 Å². The highest BCUT2D eigenvalue weighted by atomic mass is 31.2. The van der Waals surface area contributed by atoms with Crippen molar-refractivity contribution < 1.29 is 52.5 Å². The van der Waals surface area contributed by atoms with Crippen LogP contribution in [0.3, 0.4) is 0 Å². The fraction of sp³-hybridized carbons (Fsp3) is 0.318. The first-order valence-electron chi connectivity index (χ1n) is 10.1. The summed E-state index contributed by atoms with van der Waals surface area (Å²) in [7, 11) is -1.99. The maximum Gasteiger partial charge on any atom is 0.470 e. The first-order chi connectivity index (χ1) is 16.2. The lowest BCUT2D eigenvalue weighted by Gasteiger charge is -2.23. The van der Waals surface area contributed by atoms with E-state index in [-0.39, 0.29) is 24.7 Å². The molecule has 0 fully saturated rings. The standard InChI is InChI=1S/C22H25O11P/c1-28-16-7-3-5-14(9-16)12-30-20-19(18(11-23)33-34(25,26)27)32-22(24)21(20)31-13-15-6-4-8-17(10-15)29-2/h3-10,18-19,23H,11-13H2,1-2H3,(H2,25,26,27)/t18-,19+/m0/s1. The van der Waals surface area contributed by atoms with Gasteiger partial charge in [-0.1, -0.05) is 24.3 Å². The number of esters is 1. The summed E-state index contributed by atoms with van der Waals surface area (Å²) in [5.41, 5.74) is 1.36. The SMILES string of the molecule is COc1cccc(COC2=C(OCc3cccc(OC)c3)[C@@H]([C@H](CO)OP(=O)(O)O)OC2=O)c1. The molecule has 2 atom stereocenters. The molecule has 1 aliphatic rings. The molecule has 0 unspecified atom stereocenters. The molecule has 0 aliphatic carbocycles. The Hall–Kier alpha value is -3.08. The number of carbonyl (C=O) groups is 1. The first kappa shape index (κ1) is 25.5. The van der Waals surface area contributed by atoms with Gasteiger partial charge in [0.05, 0.1) is 20.8 Å². The number of methoxy groups -OCH3 is 2. The van der Waals surface area contributed by atoms with E-state index in [0.717, 1.165) is 0 Å². The van der Waals surface area contributed by atoms with Gasteiger partial charge in [-0.15, -0.1) is 0 Å². The van der Waals surface area contributed by atoms with Crippen LogP contribution in [0.1, 0.15) is 11.1 Å². The van der Waals surface area contributed by atoms with Gasteiger partial charge in [-0.05, 0) is 35.4 Å². The lowest BCUT2D eigenvalue weighted by molar-refractivity contribution is -0.148. The molecule has 1 aliphatic heterocycles. The summed E-state index contributed by atoms with van der Waals surface area (Å²) in [6.07, 6.45) is -3.04. The summed E-state index contributed by atoms with van der Waals surface area (Å²) < 4.78 is 43.0. The van der Waals surface area contributed by atoms with E-state index in [0.29, 0.717) is 22.6 Å². The van der Waals surface area contributed by atoms with Gasteiger partial charge in [-0.2, -0.15) is 0 Å². The van der Waals surface area contributed by atoms with Crippen LogP contribution >= 0.6 is 7.82 Å². The molecule has 12 heteroatoms. The van der Waals surface area contributed by atoms with Crippen LogP contribution in [0.4, 0.5) is 0 Å². The minimum Gasteiger partial charge on any atom is -0.497 e. The average molecular weight is 496 g/mol. The van der Waals surface area contributed by atoms with Gasteiger partial charge in [-0.25, -0.2) is 9.36 Å². The van der Waals surface area contributed by atoms with Crippen LogP contribution in [0.2, 0.25) is 0 Å². The van der Waals surface area contributed by atoms with Crippen molar-refractivity contribution >= 4 is 13.8 Å². The van der Waals surface area contributed by atoms with Gasteiger partial charge in [0.2, 0.25) is 5.76 Å². The van der Waals surface area contributed by atoms with Crippen LogP contribution in [0, 0.1) is 0 Å². The molecule has 0 spiro atoms. The lowest BCUT2D eigenvalue weighted by Crippen LogP contribution is -2.34. The summed E-state index contributed by atoms with van der Waals surface area (Å²) in [6, 6.07) is 13.9. The van der Waals surface area contributed by atoms with Gasteiger partial charge in [0.1, 0.15) is 30.8 Å². The Morgan fingerprint density at radius 1 is 0.971 bits per heavy atom. The first-order valence-corrected chi connectivity index (χ1v) is 11.6. The highest BCUT2D eigenvalue weighted by molar-refractivity contribution is 7.46. The zero-order valence-electron chi connectivity index (χ0n) is 18.4. The third kappa shape index (κ3) is 6.72. The normalized spacial score (nSPS) is 16.7. The van der Waals surface area contributed by atoms with E-state index >= 15 is 0 Å². The smallest absolute Gasteiger partial charge is 0.470 e. The molecule has 0 radical (unpaired) electrons. The molecule has 0 saturated carbocycles. The summed E-state index contributed by atoms with van der Waals surface area (Å²) in [5, 5.41) is 9.65. The van der Waals surface area contributed by atoms with Gasteiger partial charge in [-0.3, -0.25) is 4.52 Å². The zero-order chi connectivity index (χ0) is 24.7. The molecule has 1 heterocycles. The van der Waals surface area contributed by atoms with Crippen molar-refractivity contribution in [2.24, 2.45) is 0 Å². The number of rotatable bonds is 12. The van der Waals surface area contributed by atoms with Crippen molar-refractivity contribution in [2.45, 2.75) is 25.4 Å². The number of phosphoric acid groups is 1. The van der Waals surface area contributed by atoms with E-state index in [2.05, 4.69) is 4.52 Å². The van der Waals surface area contributed by atoms with Crippen molar-refractivity contribution in [3.63, 3.8) is 0 Å². The van der Waals surface area contributed by atoms with Gasteiger partial charge in [0.25, 0.3) is 0 Å². The van der Waals surface area contributed by atoms with E-state index in [4.69, 9.17) is 23.7 Å². The molecule has 34 heavy (non-hydrogen) atoms. The van der Waals surface area contributed by atoms with Crippen LogP contribution in [-0.2, 0) is 41.3 Å². The van der Waals surface area contributed by atoms with Crippen molar-refractivity contribution in [3.05, 3.63) is 71.2 Å². The predicted molar refractivity (Wildman–Crippen MR) is 116 cm³/mol. The summed E-state index contributed by atoms with van der Waals surface area (Å²) in [5.74, 6) is -0.224. The molecule has 0 bridgehead atoms. The quantitative estimate of drug-likeness (QED) is 0.293. The molecule has 2 aromatic carbocycles. The number of phosphoric ester groups is 1. The molecular weight excluding hydrogens is 471 g/mol. The second-order valence-electron chi connectivity index (χ2n) is 7.12. The van der Waals surface area contributed by atoms with E-state index in [1.165, 1.54) is 14.2 Å². The molecule has 0 aromatic heterocycles. The number of hydrogen-bond acceptors (Lipinski definition) is 9. The maximum absolute atomic E-state index is 12.6. The number of cyclic esters (lactones) is 1. The van der Waals surface area contributed by atoms with Crippen LogP contribution in [-0.4, -0.2) is 53.9 Å². The summed E-state index contributed by atoms with van der Waals surface area (Å²) >= 11 is 0. The molecule has 0 amide bonds. The second kappa shape index (κ2) is 11.4. The Morgan fingerprint density at radius 3 is 2.03 bits per heavy atom. The lowest BCUT2D eigenvalue weighted by atomic mass is 10.1. The largest absolute Gasteiger partial charge is 0.497 e. The van der Waals surface area contributed by atoms with E-state index in [1.807, 2.05) is 0 Å². The Labute approximate surface area is 195 Å². The monoisotopic (exact) mass is 496 g/mol. The Kier molecular flexibility index (Phi) is 8.54. The third-order valence-electron chi connectivity index (χ3n) is 4.74. The molecule has 2 aromatic rings. The number of hydrogen-bond donors (Lipinski definition) is 3. The second-order valence-corrected chi connectivity index (χ2v) is 8.31. The molecule has 11 nitrogen and oxygen atoms in total. The van der Waals surface area contributed by atoms with Gasteiger partial charge < -0.3 is 38.6 Å². The van der Waals surface area contributed by atoms with E-state index < -0.39 is 32.6 Å². The average Bonchev–Trinajstić information content (AvgIpc) is 3.14. The Balaban J connectivity index is 1.88. The fourth-order valence-electron chi connectivity index (χ4n) is 3.18. The fourth-order valence-corrected chi connectivity index (χ4v) is 3.71. The minimum absolute atomic E-state index is 0.0521. The van der Waals surface area contributed by atoms with E-state index in [9.17, 15) is 24.3 Å². The molecule has 184 valence electrons. The Morgan fingerprint density at radius 2 is 1.53 bits per heavy atom. The third-order valence-corrected chi connectivity index (χ3v) is 5.28. The number of ether oxygens (including phenoxy) is 5. The summed E-state index contributed by atoms with van der Waals surface area (Å²) in [4.78, 5) is 31.0. The molecule has 3 rings (SSSR count). The van der Waals surface area contributed by atoms with Crippen LogP contribution in [0.5, 0.6) is 11.5 Å². The van der Waals surface area contributed by atoms with Crippen molar-refractivity contribution in [1.29, 1.82) is 0 Å². The number of benzene rings is 2. The van der Waals surface area contributed by atoms with Crippen LogP contribution in [0.25, 0.3) is 0 Å². The van der Waals surface area contributed by atoms with Crippen LogP contribution < -0.4 is 9.47 Å². The molecule has 0 saturated heterocycles. The maximum atomic E-state index is 12.6. The Bertz CT molecular complexity index is 1080.